The molecule has 0 saturated heterocycles. The Kier molecular flexibility index (Phi) is 7.90. The number of rotatable bonds is 6. The Morgan fingerprint density at radius 1 is 0.345 bits per heavy atom. The lowest BCUT2D eigenvalue weighted by Gasteiger charge is -2.22. The van der Waals surface area contributed by atoms with Crippen molar-refractivity contribution in [2.75, 3.05) is 0 Å². The highest BCUT2D eigenvalue weighted by molar-refractivity contribution is 6.12. The number of fused-ring (bicyclic) bond motifs is 6. The summed E-state index contributed by atoms with van der Waals surface area (Å²) in [6.07, 6.45) is 0. The monoisotopic (exact) mass is 742 g/mol. The van der Waals surface area contributed by atoms with E-state index in [0.717, 1.165) is 72.6 Å². The molecule has 11 aromatic rings. The molecule has 4 heteroatoms. The van der Waals surface area contributed by atoms with Gasteiger partial charge >= 0.3 is 0 Å². The van der Waals surface area contributed by atoms with E-state index in [0.29, 0.717) is 5.82 Å². The molecule has 8 aromatic carbocycles. The number of hydrogen-bond acceptors (Lipinski definition) is 2. The molecule has 274 valence electrons. The van der Waals surface area contributed by atoms with Crippen LogP contribution in [0.1, 0.15) is 11.1 Å². The Bertz CT molecular complexity index is 3180. The second-order valence-electron chi connectivity index (χ2n) is 15.2. The lowest BCUT2D eigenvalue weighted by atomic mass is 9.93. The van der Waals surface area contributed by atoms with Crippen molar-refractivity contribution in [2.45, 2.75) is 13.8 Å². The molecule has 0 fully saturated rings. The molecule has 0 atom stereocenters. The van der Waals surface area contributed by atoms with Gasteiger partial charge in [-0.15, -0.1) is 0 Å². The maximum absolute atomic E-state index is 5.42. The van der Waals surface area contributed by atoms with Crippen LogP contribution in [0.25, 0.3) is 100 Å². The van der Waals surface area contributed by atoms with Crippen LogP contribution in [0.3, 0.4) is 0 Å². The summed E-state index contributed by atoms with van der Waals surface area (Å²) in [4.78, 5) is 10.6. The zero-order valence-corrected chi connectivity index (χ0v) is 32.3. The first kappa shape index (κ1) is 33.8. The van der Waals surface area contributed by atoms with Crippen molar-refractivity contribution in [3.8, 4) is 56.4 Å². The Morgan fingerprint density at radius 3 is 1.48 bits per heavy atom. The van der Waals surface area contributed by atoms with E-state index >= 15 is 0 Å². The van der Waals surface area contributed by atoms with Crippen LogP contribution in [0.5, 0.6) is 0 Å². The molecular weight excluding hydrogens is 705 g/mol. The van der Waals surface area contributed by atoms with Crippen molar-refractivity contribution in [3.63, 3.8) is 0 Å². The molecule has 0 aliphatic heterocycles. The molecule has 11 rings (SSSR count). The molecule has 3 aromatic heterocycles. The van der Waals surface area contributed by atoms with E-state index in [1.165, 1.54) is 32.7 Å². The third-order valence-electron chi connectivity index (χ3n) is 11.5. The van der Waals surface area contributed by atoms with Gasteiger partial charge in [0.2, 0.25) is 0 Å². The summed E-state index contributed by atoms with van der Waals surface area (Å²) < 4.78 is 4.90. The van der Waals surface area contributed by atoms with Crippen LogP contribution in [0.4, 0.5) is 0 Å². The Hall–Kier alpha value is -7.56. The zero-order chi connectivity index (χ0) is 38.7. The summed E-state index contributed by atoms with van der Waals surface area (Å²) in [6.45, 7) is 4.35. The lowest BCUT2D eigenvalue weighted by Crippen LogP contribution is -2.04. The quantitative estimate of drug-likeness (QED) is 0.170. The number of nitrogens with zero attached hydrogens (tertiary/aromatic N) is 4. The van der Waals surface area contributed by atoms with Crippen LogP contribution in [0.2, 0.25) is 0 Å². The van der Waals surface area contributed by atoms with Crippen LogP contribution in [0, 0.1) is 13.8 Å². The van der Waals surface area contributed by atoms with Crippen molar-refractivity contribution in [3.05, 3.63) is 205 Å². The fraction of sp³-hybridized carbons (Fsp3) is 0.0370. The van der Waals surface area contributed by atoms with Crippen LogP contribution < -0.4 is 0 Å². The summed E-state index contributed by atoms with van der Waals surface area (Å²) >= 11 is 0. The van der Waals surface area contributed by atoms with Gasteiger partial charge in [-0.25, -0.2) is 9.97 Å². The highest BCUT2D eigenvalue weighted by Crippen LogP contribution is 2.45. The molecule has 3 heterocycles. The van der Waals surface area contributed by atoms with E-state index in [9.17, 15) is 0 Å². The van der Waals surface area contributed by atoms with Crippen molar-refractivity contribution in [1.82, 2.24) is 19.1 Å². The van der Waals surface area contributed by atoms with Crippen molar-refractivity contribution >= 4 is 43.6 Å². The summed E-state index contributed by atoms with van der Waals surface area (Å²) in [5, 5.41) is 4.94. The molecule has 0 amide bonds. The molecule has 0 aliphatic rings. The summed E-state index contributed by atoms with van der Waals surface area (Å²) in [7, 11) is 0. The van der Waals surface area contributed by atoms with Gasteiger partial charge in [-0.05, 0) is 68.4 Å². The highest BCUT2D eigenvalue weighted by atomic mass is 15.0. The molecule has 0 radical (unpaired) electrons. The molecule has 0 N–H and O–H groups in total. The zero-order valence-electron chi connectivity index (χ0n) is 32.3. The molecular formula is C54H38N4. The summed E-state index contributed by atoms with van der Waals surface area (Å²) in [6, 6.07) is 69.6. The summed E-state index contributed by atoms with van der Waals surface area (Å²) in [5.74, 6) is 0.687. The number of benzene rings is 8. The number of hydrogen-bond donors (Lipinski definition) is 0. The molecule has 0 spiro atoms. The SMILES string of the molecule is Cc1ccc2c(c1)c1cc(C)ccc1n2-c1cccc(-c2cc(-c3ccccc3)nc(-c3ccccc3)n2)c1-c1ccccc1-n1c2ccccc2c2ccccc21. The molecule has 58 heavy (non-hydrogen) atoms. The van der Waals surface area contributed by atoms with Crippen LogP contribution in [-0.4, -0.2) is 19.1 Å². The summed E-state index contributed by atoms with van der Waals surface area (Å²) in [5.41, 5.74) is 16.3. The van der Waals surface area contributed by atoms with Gasteiger partial charge in [-0.3, -0.25) is 0 Å². The van der Waals surface area contributed by atoms with Gasteiger partial charge in [-0.1, -0.05) is 151 Å². The molecule has 4 nitrogen and oxygen atoms in total. The standard InChI is InChI=1S/C54H38N4/c1-35-28-30-50-43(32-35)44-33-36(2)29-31-51(44)58(50)52-27-15-23-41(46-34-45(37-16-5-3-6-17-37)55-54(56-46)38-18-7-4-8-19-38)53(52)42-22-11-14-26-49(42)57-47-24-12-9-20-39(47)40-21-10-13-25-48(40)57/h3-34H,1-2H3. The predicted octanol–water partition coefficient (Wildman–Crippen LogP) is 14.0. The van der Waals surface area contributed by atoms with Gasteiger partial charge < -0.3 is 9.13 Å². The predicted molar refractivity (Wildman–Crippen MR) is 242 cm³/mol. The topological polar surface area (TPSA) is 35.6 Å². The molecule has 0 saturated carbocycles. The van der Waals surface area contributed by atoms with Crippen molar-refractivity contribution in [1.29, 1.82) is 0 Å². The smallest absolute Gasteiger partial charge is 0.160 e. The number of aryl methyl sites for hydroxylation is 2. The van der Waals surface area contributed by atoms with E-state index in [1.54, 1.807) is 0 Å². The van der Waals surface area contributed by atoms with Gasteiger partial charge in [0.25, 0.3) is 0 Å². The van der Waals surface area contributed by atoms with Gasteiger partial charge in [0.1, 0.15) is 0 Å². The first-order chi connectivity index (χ1) is 28.6. The van der Waals surface area contributed by atoms with E-state index in [1.807, 2.05) is 24.3 Å². The maximum Gasteiger partial charge on any atom is 0.160 e. The first-order valence-electron chi connectivity index (χ1n) is 19.8. The fourth-order valence-corrected chi connectivity index (χ4v) is 8.85. The molecule has 0 aliphatic carbocycles. The normalized spacial score (nSPS) is 11.6. The van der Waals surface area contributed by atoms with Gasteiger partial charge in [0.05, 0.1) is 44.8 Å². The minimum atomic E-state index is 0.687. The fourth-order valence-electron chi connectivity index (χ4n) is 8.85. The second kappa shape index (κ2) is 13.6. The maximum atomic E-state index is 5.42. The largest absolute Gasteiger partial charge is 0.309 e. The van der Waals surface area contributed by atoms with Gasteiger partial charge in [0.15, 0.2) is 5.82 Å². The van der Waals surface area contributed by atoms with Crippen LogP contribution in [0.15, 0.2) is 194 Å². The van der Waals surface area contributed by atoms with Gasteiger partial charge in [-0.2, -0.15) is 0 Å². The number of aromatic nitrogens is 4. The Morgan fingerprint density at radius 2 is 0.828 bits per heavy atom. The van der Waals surface area contributed by atoms with Crippen molar-refractivity contribution < 1.29 is 0 Å². The minimum Gasteiger partial charge on any atom is -0.309 e. The first-order valence-corrected chi connectivity index (χ1v) is 19.8. The third-order valence-corrected chi connectivity index (χ3v) is 11.5. The third kappa shape index (κ3) is 5.45. The van der Waals surface area contributed by atoms with Crippen molar-refractivity contribution in [2.24, 2.45) is 0 Å². The van der Waals surface area contributed by atoms with E-state index < -0.39 is 0 Å². The van der Waals surface area contributed by atoms with E-state index in [2.05, 4.69) is 193 Å². The van der Waals surface area contributed by atoms with E-state index in [4.69, 9.17) is 9.97 Å². The molecule has 0 unspecified atom stereocenters. The second-order valence-corrected chi connectivity index (χ2v) is 15.2. The van der Waals surface area contributed by atoms with E-state index in [-0.39, 0.29) is 0 Å². The van der Waals surface area contributed by atoms with Crippen LogP contribution >= 0.6 is 0 Å². The lowest BCUT2D eigenvalue weighted by molar-refractivity contribution is 1.15. The minimum absolute atomic E-state index is 0.687. The average molecular weight is 743 g/mol. The Balaban J connectivity index is 1.29. The highest BCUT2D eigenvalue weighted by Gasteiger charge is 2.24. The van der Waals surface area contributed by atoms with Crippen LogP contribution in [-0.2, 0) is 0 Å². The van der Waals surface area contributed by atoms with Gasteiger partial charge in [0, 0.05) is 49.4 Å². The number of para-hydroxylation sites is 3. The average Bonchev–Trinajstić information content (AvgIpc) is 3.78. The molecule has 0 bridgehead atoms. The Labute approximate surface area is 337 Å².